The van der Waals surface area contributed by atoms with Crippen LogP contribution in [0, 0.1) is 0 Å². The summed E-state index contributed by atoms with van der Waals surface area (Å²) in [5.74, 6) is -0.808. The van der Waals surface area contributed by atoms with Crippen LogP contribution in [0.5, 0.6) is 0 Å². The number of ether oxygens (including phenoxy) is 2. The third kappa shape index (κ3) is 60.1. The maximum atomic E-state index is 12.8. The molecule has 0 heterocycles. The zero-order chi connectivity index (χ0) is 53.5. The Morgan fingerprint density at radius 1 is 0.370 bits per heavy atom. The van der Waals surface area contributed by atoms with E-state index >= 15 is 0 Å². The molecular weight excluding hydrogens is 930 g/mol. The van der Waals surface area contributed by atoms with Crippen LogP contribution in [-0.2, 0) is 32.7 Å². The number of rotatable bonds is 61. The topological polar surface area (TPSA) is 111 Å². The van der Waals surface area contributed by atoms with Gasteiger partial charge < -0.3 is 27.9 Å². The highest BCUT2D eigenvalue weighted by molar-refractivity contribution is 7.45. The van der Waals surface area contributed by atoms with E-state index in [4.69, 9.17) is 18.5 Å². The highest BCUT2D eigenvalue weighted by Gasteiger charge is 2.22. The second kappa shape index (κ2) is 55.8. The molecule has 0 saturated carbocycles. The summed E-state index contributed by atoms with van der Waals surface area (Å²) < 4.78 is 34.2. The minimum absolute atomic E-state index is 0.0250. The van der Waals surface area contributed by atoms with Gasteiger partial charge in [-0.15, -0.1) is 0 Å². The van der Waals surface area contributed by atoms with E-state index in [1.807, 2.05) is 21.1 Å². The molecule has 0 aromatic heterocycles. The van der Waals surface area contributed by atoms with Crippen molar-refractivity contribution in [3.05, 3.63) is 0 Å². The van der Waals surface area contributed by atoms with E-state index in [1.165, 1.54) is 276 Å². The Labute approximate surface area is 454 Å². The van der Waals surface area contributed by atoms with Crippen molar-refractivity contribution in [2.45, 2.75) is 347 Å². The Hall–Kier alpha value is -0.990. The van der Waals surface area contributed by atoms with Crippen LogP contribution in [0.1, 0.15) is 341 Å². The van der Waals surface area contributed by atoms with Crippen molar-refractivity contribution in [1.29, 1.82) is 0 Å². The van der Waals surface area contributed by atoms with Crippen LogP contribution in [0.4, 0.5) is 0 Å². The summed E-state index contributed by atoms with van der Waals surface area (Å²) in [5, 5.41) is 0. The molecule has 0 bridgehead atoms. The summed E-state index contributed by atoms with van der Waals surface area (Å²) in [6, 6.07) is 0. The lowest BCUT2D eigenvalue weighted by atomic mass is 10.0. The Kier molecular flexibility index (Phi) is 55.0. The average Bonchev–Trinajstić information content (AvgIpc) is 3.35. The van der Waals surface area contributed by atoms with Crippen LogP contribution in [0.2, 0.25) is 0 Å². The molecule has 2 atom stereocenters. The highest BCUT2D eigenvalue weighted by Crippen LogP contribution is 2.38. The number of esters is 2. The molecule has 0 amide bonds. The van der Waals surface area contributed by atoms with Crippen molar-refractivity contribution in [1.82, 2.24) is 0 Å². The smallest absolute Gasteiger partial charge is 0.306 e. The van der Waals surface area contributed by atoms with Crippen molar-refractivity contribution in [3.8, 4) is 0 Å². The number of carbonyl (C=O) groups excluding carboxylic acids is 2. The van der Waals surface area contributed by atoms with E-state index in [-0.39, 0.29) is 32.0 Å². The number of nitrogens with zero attached hydrogens (tertiary/aromatic N) is 1. The zero-order valence-electron chi connectivity index (χ0n) is 49.6. The number of hydrogen-bond donors (Lipinski definition) is 0. The van der Waals surface area contributed by atoms with Gasteiger partial charge in [-0.3, -0.25) is 14.2 Å². The van der Waals surface area contributed by atoms with Gasteiger partial charge in [0.05, 0.1) is 27.7 Å². The molecule has 436 valence electrons. The Morgan fingerprint density at radius 3 is 0.877 bits per heavy atom. The molecule has 0 aliphatic heterocycles. The van der Waals surface area contributed by atoms with E-state index in [0.717, 1.165) is 32.1 Å². The highest BCUT2D eigenvalue weighted by atomic mass is 31.2. The van der Waals surface area contributed by atoms with E-state index < -0.39 is 26.5 Å². The van der Waals surface area contributed by atoms with Crippen molar-refractivity contribution < 1.29 is 42.1 Å². The van der Waals surface area contributed by atoms with Gasteiger partial charge in [0.2, 0.25) is 0 Å². The lowest BCUT2D eigenvalue weighted by Crippen LogP contribution is -2.37. The SMILES string of the molecule is CCCCCCCCCCCCCCCCCCCCCCCCCCCCCCCCCCC(=O)OC(COC(=O)CCCCCCCCCCCCCCCCCCC)COP(=O)([O-])OCC[N+](C)(C)C. The van der Waals surface area contributed by atoms with Gasteiger partial charge in [0.1, 0.15) is 19.8 Å². The lowest BCUT2D eigenvalue weighted by molar-refractivity contribution is -0.870. The third-order valence-corrected chi connectivity index (χ3v) is 15.8. The van der Waals surface area contributed by atoms with Crippen molar-refractivity contribution in [2.24, 2.45) is 0 Å². The van der Waals surface area contributed by atoms with Crippen LogP contribution in [-0.4, -0.2) is 70.0 Å². The summed E-state index contributed by atoms with van der Waals surface area (Å²) in [6.45, 7) is 4.32. The first-order valence-corrected chi connectivity index (χ1v) is 33.7. The van der Waals surface area contributed by atoms with Gasteiger partial charge in [-0.05, 0) is 12.8 Å². The molecule has 0 aliphatic carbocycles. The van der Waals surface area contributed by atoms with Gasteiger partial charge in [0, 0.05) is 12.8 Å². The molecule has 0 radical (unpaired) electrons. The second-order valence-corrected chi connectivity index (χ2v) is 24.9. The van der Waals surface area contributed by atoms with Crippen LogP contribution in [0.25, 0.3) is 0 Å². The first-order valence-electron chi connectivity index (χ1n) is 32.2. The fraction of sp³-hybridized carbons (Fsp3) is 0.968. The van der Waals surface area contributed by atoms with Crippen LogP contribution in [0.15, 0.2) is 0 Å². The van der Waals surface area contributed by atoms with Crippen molar-refractivity contribution >= 4 is 19.8 Å². The molecule has 73 heavy (non-hydrogen) atoms. The summed E-state index contributed by atoms with van der Waals surface area (Å²) in [4.78, 5) is 37.9. The number of hydrogen-bond acceptors (Lipinski definition) is 8. The maximum Gasteiger partial charge on any atom is 0.306 e. The molecule has 9 nitrogen and oxygen atoms in total. The van der Waals surface area contributed by atoms with E-state index in [9.17, 15) is 19.0 Å². The molecule has 0 saturated heterocycles. The number of carbonyl (C=O) groups is 2. The van der Waals surface area contributed by atoms with Crippen molar-refractivity contribution in [2.75, 3.05) is 47.5 Å². The first kappa shape index (κ1) is 72.0. The minimum Gasteiger partial charge on any atom is -0.756 e. The first-order chi connectivity index (χ1) is 35.5. The fourth-order valence-corrected chi connectivity index (χ4v) is 10.6. The number of quaternary nitrogens is 1. The average molecular weight is 1060 g/mol. The summed E-state index contributed by atoms with van der Waals surface area (Å²) >= 11 is 0. The minimum atomic E-state index is -4.63. The number of phosphoric acid groups is 1. The fourth-order valence-electron chi connectivity index (χ4n) is 9.90. The van der Waals surface area contributed by atoms with E-state index in [0.29, 0.717) is 17.4 Å². The van der Waals surface area contributed by atoms with Crippen LogP contribution in [0.3, 0.4) is 0 Å². The number of phosphoric ester groups is 1. The molecule has 0 aliphatic rings. The summed E-state index contributed by atoms with van der Waals surface area (Å²) in [6.07, 6.45) is 64.6. The third-order valence-electron chi connectivity index (χ3n) is 14.9. The molecular formula is C63H126NO8P. The second-order valence-electron chi connectivity index (χ2n) is 23.5. The molecule has 0 N–H and O–H groups in total. The number of likely N-dealkylation sites (N-methyl/N-ethyl adjacent to an activating group) is 1. The maximum absolute atomic E-state index is 12.8. The Bertz CT molecular complexity index is 1200. The summed E-state index contributed by atoms with van der Waals surface area (Å²) in [7, 11) is 1.19. The monoisotopic (exact) mass is 1060 g/mol. The molecule has 0 aromatic carbocycles. The lowest BCUT2D eigenvalue weighted by Gasteiger charge is -2.28. The zero-order valence-corrected chi connectivity index (χ0v) is 50.5. The largest absolute Gasteiger partial charge is 0.756 e. The molecule has 10 heteroatoms. The Balaban J connectivity index is 3.96. The predicted octanol–water partition coefficient (Wildman–Crippen LogP) is 19.6. The van der Waals surface area contributed by atoms with Gasteiger partial charge in [0.25, 0.3) is 7.82 Å². The van der Waals surface area contributed by atoms with Crippen LogP contribution < -0.4 is 4.89 Å². The number of unbranched alkanes of at least 4 members (excludes halogenated alkanes) is 47. The van der Waals surface area contributed by atoms with Gasteiger partial charge in [0.15, 0.2) is 6.10 Å². The summed E-state index contributed by atoms with van der Waals surface area (Å²) in [5.41, 5.74) is 0. The Morgan fingerprint density at radius 2 is 0.616 bits per heavy atom. The molecule has 2 unspecified atom stereocenters. The molecule has 0 spiro atoms. The van der Waals surface area contributed by atoms with Gasteiger partial charge in [-0.2, -0.15) is 0 Å². The quantitative estimate of drug-likeness (QED) is 0.0256. The molecule has 0 aromatic rings. The standard InChI is InChI=1S/C63H126NO8P/c1-6-8-10-12-14-16-18-20-22-24-25-26-27-28-29-30-31-32-33-34-35-36-37-38-40-42-44-46-48-50-52-54-56-63(66)72-61(60-71-73(67,68)70-58-57-64(3,4)5)59-69-62(65)55-53-51-49-47-45-43-41-39-23-21-19-17-15-13-11-9-7-2/h61H,6-60H2,1-5H3. The molecule has 0 fully saturated rings. The molecule has 0 rings (SSSR count). The van der Waals surface area contributed by atoms with E-state index in [1.54, 1.807) is 0 Å². The van der Waals surface area contributed by atoms with Gasteiger partial charge in [-0.1, -0.05) is 316 Å². The van der Waals surface area contributed by atoms with Gasteiger partial charge in [-0.25, -0.2) is 0 Å². The van der Waals surface area contributed by atoms with Crippen molar-refractivity contribution in [3.63, 3.8) is 0 Å². The predicted molar refractivity (Wildman–Crippen MR) is 310 cm³/mol. The van der Waals surface area contributed by atoms with Crippen LogP contribution >= 0.6 is 7.82 Å². The normalized spacial score (nSPS) is 13.1. The van der Waals surface area contributed by atoms with Gasteiger partial charge >= 0.3 is 11.9 Å². The van der Waals surface area contributed by atoms with E-state index in [2.05, 4.69) is 13.8 Å².